The number of allylic oxidation sites excluding steroid dienone is 2. The average molecular weight is 1370 g/mol. The zero-order valence-corrected chi connectivity index (χ0v) is 54.3. The molecule has 95 heavy (non-hydrogen) atoms. The third-order valence-electron chi connectivity index (χ3n) is 24.8. The molecule has 8 saturated heterocycles. The number of hydrogen-bond donors (Lipinski definition) is 17. The van der Waals surface area contributed by atoms with E-state index in [0.29, 0.717) is 25.7 Å². The third-order valence-corrected chi connectivity index (χ3v) is 24.8. The summed E-state index contributed by atoms with van der Waals surface area (Å²) in [4.78, 5) is 12.8. The summed E-state index contributed by atoms with van der Waals surface area (Å²) in [5, 5.41) is 189. The van der Waals surface area contributed by atoms with Crippen molar-refractivity contribution in [3.63, 3.8) is 0 Å². The van der Waals surface area contributed by atoms with Crippen molar-refractivity contribution in [2.45, 2.75) is 296 Å². The van der Waals surface area contributed by atoms with Gasteiger partial charge in [-0.3, -0.25) is 4.79 Å². The van der Waals surface area contributed by atoms with Gasteiger partial charge < -0.3 is 153 Å². The lowest BCUT2D eigenvalue weighted by molar-refractivity contribution is -0.407. The number of aliphatic hydroxyl groups is 17. The first-order valence-corrected chi connectivity index (χ1v) is 33.5. The fourth-order valence-electron chi connectivity index (χ4n) is 18.8. The lowest BCUT2D eigenvalue weighted by atomic mass is 9.42. The molecule has 32 nitrogen and oxygen atoms in total. The molecule has 38 atom stereocenters. The van der Waals surface area contributed by atoms with Crippen LogP contribution in [0.4, 0.5) is 0 Å². The summed E-state index contributed by atoms with van der Waals surface area (Å²) in [5.74, 6) is -2.75. The van der Waals surface area contributed by atoms with Crippen LogP contribution in [0.1, 0.15) is 106 Å². The van der Waals surface area contributed by atoms with Gasteiger partial charge in [0, 0.05) is 17.3 Å². The molecule has 17 N–H and O–H groups in total. The molecular formula is C63H100O32. The van der Waals surface area contributed by atoms with Gasteiger partial charge in [-0.25, -0.2) is 0 Å². The largest absolute Gasteiger partial charge is 0.430 e. The van der Waals surface area contributed by atoms with Crippen molar-refractivity contribution < 1.29 is 158 Å². The van der Waals surface area contributed by atoms with Crippen molar-refractivity contribution in [1.29, 1.82) is 0 Å². The van der Waals surface area contributed by atoms with E-state index in [4.69, 9.17) is 66.3 Å². The Hall–Kier alpha value is -1.99. The zero-order valence-electron chi connectivity index (χ0n) is 54.3. The summed E-state index contributed by atoms with van der Waals surface area (Å²) in [6.45, 7) is 9.93. The number of aliphatic hydroxyl groups excluding tert-OH is 17. The second-order valence-electron chi connectivity index (χ2n) is 29.9. The molecule has 12 aliphatic rings. The van der Waals surface area contributed by atoms with Crippen LogP contribution in [-0.2, 0) is 71.1 Å². The Morgan fingerprint density at radius 2 is 1.05 bits per heavy atom. The molecule has 0 unspecified atom stereocenters. The van der Waals surface area contributed by atoms with Crippen molar-refractivity contribution in [2.75, 3.05) is 39.6 Å². The minimum absolute atomic E-state index is 0.0182. The highest BCUT2D eigenvalue weighted by molar-refractivity contribution is 5.76. The van der Waals surface area contributed by atoms with Crippen molar-refractivity contribution in [3.8, 4) is 0 Å². The van der Waals surface area contributed by atoms with Crippen LogP contribution < -0.4 is 0 Å². The molecule has 544 valence electrons. The topological polar surface area (TPSA) is 490 Å². The number of esters is 1. The molecule has 8 heterocycles. The summed E-state index contributed by atoms with van der Waals surface area (Å²) in [5.41, 5.74) is 0.0149. The van der Waals surface area contributed by atoms with Crippen LogP contribution in [0.25, 0.3) is 0 Å². The normalized spacial score (nSPS) is 56.4. The van der Waals surface area contributed by atoms with E-state index in [1.807, 2.05) is 6.92 Å². The van der Waals surface area contributed by atoms with Gasteiger partial charge in [0.25, 0.3) is 0 Å². The highest BCUT2D eigenvalue weighted by Crippen LogP contribution is 2.76. The number of carbonyl (C=O) groups is 1. The summed E-state index contributed by atoms with van der Waals surface area (Å²) in [6, 6.07) is 0. The molecule has 2 saturated carbocycles. The molecule has 2 spiro atoms. The molecule has 0 aromatic heterocycles. The predicted octanol–water partition coefficient (Wildman–Crippen LogP) is -5.61. The van der Waals surface area contributed by atoms with Crippen LogP contribution in [0.2, 0.25) is 0 Å². The van der Waals surface area contributed by atoms with E-state index in [0.717, 1.165) is 32.1 Å². The first-order chi connectivity index (χ1) is 44.8. The van der Waals surface area contributed by atoms with Crippen molar-refractivity contribution >= 4 is 5.97 Å². The predicted molar refractivity (Wildman–Crippen MR) is 311 cm³/mol. The van der Waals surface area contributed by atoms with Crippen LogP contribution >= 0.6 is 0 Å². The van der Waals surface area contributed by atoms with E-state index in [1.165, 1.54) is 18.1 Å². The van der Waals surface area contributed by atoms with Crippen LogP contribution in [0.15, 0.2) is 11.1 Å². The summed E-state index contributed by atoms with van der Waals surface area (Å²) in [7, 11) is 0. The minimum Gasteiger partial charge on any atom is -0.430 e. The van der Waals surface area contributed by atoms with Gasteiger partial charge in [-0.2, -0.15) is 0 Å². The SMILES string of the molecule is C[C@@H]1O[C@@H](O[C@H]2[C@H](O[C@H]3[C@H](OC[C@H]4O[C@@H](O[C@H]5CC[C@]6(C)C7=C(CC[C@H]6[C@@]5(C)CO)[C@]5(C)CC[C@@]6(O[C@@]8(C[C@H]6C)OC(=O)[C@H](C)[C@@H]8O)[C@@]5(C)CC7)[C@H](O)[C@@H](O)[C@@H]4O)OC[C@H](O)[C@@H]3O)O[C@H](CO)[C@@H](O)[C@@H]2O[C@@H]2OC[C@H](O)[C@H](O)[C@H]2O[C@@H]2O[C@@H](CO)[C@H](O)[C@H]2O)[C@H](O)[C@H](O)[C@H]1O. The molecule has 0 bridgehead atoms. The van der Waals surface area contributed by atoms with Gasteiger partial charge in [0.2, 0.25) is 5.79 Å². The van der Waals surface area contributed by atoms with E-state index >= 15 is 0 Å². The zero-order chi connectivity index (χ0) is 68.7. The summed E-state index contributed by atoms with van der Waals surface area (Å²) in [6.07, 6.45) is -44.6. The van der Waals surface area contributed by atoms with Gasteiger partial charge in [0.15, 0.2) is 37.7 Å². The smallest absolute Gasteiger partial charge is 0.314 e. The summed E-state index contributed by atoms with van der Waals surface area (Å²) < 4.78 is 85.6. The Balaban J connectivity index is 0.761. The van der Waals surface area contributed by atoms with E-state index in [-0.39, 0.29) is 29.3 Å². The van der Waals surface area contributed by atoms with Crippen molar-refractivity contribution in [3.05, 3.63) is 11.1 Å². The maximum Gasteiger partial charge on any atom is 0.314 e. The standard InChI is InChI=1S/C63H100O32/c1-23-16-63(50(80)24(2)51(81)94-63)95-62(23)15-14-60(6)27-8-9-33-58(4,26(27)10-13-61(60,62)7)12-11-34(59(33,5)22-66)89-53-45(79)42(76)39(73)32(88-53)21-84-55-47(36(70)28(67)19-82-55)92-57-49(93-52-44(78)41(75)35(69)25(3)85-52)46(40(74)31(18-65)87-57)90-56-48(37(71)29(68)20-83-56)91-54-43(77)38(72)30(17-64)86-54/h23-25,28-50,52-57,64-80H,8-22H2,1-7H3/t23-,24-,25+,28+,29+,30+,31-,32-,33-,34+,35+,36+,37+,38+,39-,40-,41-,42+,43-,44-,45-,46+,47-,48-,49-,50+,52+,53+,54+,55+,56+,57+,58-,59-,60+,61+,62+,63-/m1/s1. The second-order valence-corrected chi connectivity index (χ2v) is 29.9. The average Bonchev–Trinajstić information content (AvgIpc) is 1.53. The molecule has 10 fully saturated rings. The number of carbonyl (C=O) groups excluding carboxylic acids is 1. The fraction of sp³-hybridized carbons (Fsp3) is 0.952. The number of hydrogen-bond acceptors (Lipinski definition) is 32. The third kappa shape index (κ3) is 11.7. The molecule has 0 radical (unpaired) electrons. The molecule has 0 aromatic carbocycles. The minimum atomic E-state index is -2.06. The van der Waals surface area contributed by atoms with Gasteiger partial charge in [-0.1, -0.05) is 45.8 Å². The molecule has 8 aliphatic heterocycles. The first kappa shape index (κ1) is 72.8. The Bertz CT molecular complexity index is 2740. The van der Waals surface area contributed by atoms with Gasteiger partial charge in [0.05, 0.1) is 63.4 Å². The van der Waals surface area contributed by atoms with E-state index in [1.54, 1.807) is 6.92 Å². The Morgan fingerprint density at radius 1 is 0.505 bits per heavy atom. The second kappa shape index (κ2) is 27.0. The first-order valence-electron chi connectivity index (χ1n) is 33.5. The maximum atomic E-state index is 12.8. The Labute approximate surface area is 548 Å². The molecule has 32 heteroatoms. The molecule has 12 rings (SSSR count). The fourth-order valence-corrected chi connectivity index (χ4v) is 18.8. The molecule has 0 aromatic rings. The Kier molecular flexibility index (Phi) is 20.7. The monoisotopic (exact) mass is 1370 g/mol. The van der Waals surface area contributed by atoms with Crippen LogP contribution in [-0.4, -0.2) is 322 Å². The van der Waals surface area contributed by atoms with Gasteiger partial charge >= 0.3 is 5.97 Å². The summed E-state index contributed by atoms with van der Waals surface area (Å²) >= 11 is 0. The van der Waals surface area contributed by atoms with E-state index in [2.05, 4.69) is 27.7 Å². The van der Waals surface area contributed by atoms with Gasteiger partial charge in [-0.15, -0.1) is 0 Å². The van der Waals surface area contributed by atoms with E-state index < -0.39 is 245 Å². The molecule has 4 aliphatic carbocycles. The highest BCUT2D eigenvalue weighted by Gasteiger charge is 2.76. The number of fused-ring (bicyclic) bond motifs is 5. The van der Waals surface area contributed by atoms with Crippen molar-refractivity contribution in [1.82, 2.24) is 0 Å². The quantitative estimate of drug-likeness (QED) is 0.0506. The molecular weight excluding hydrogens is 1270 g/mol. The van der Waals surface area contributed by atoms with E-state index in [9.17, 15) is 91.6 Å². The van der Waals surface area contributed by atoms with Gasteiger partial charge in [0.1, 0.15) is 128 Å². The van der Waals surface area contributed by atoms with Crippen LogP contribution in [0, 0.1) is 39.4 Å². The van der Waals surface area contributed by atoms with Crippen LogP contribution in [0.5, 0.6) is 0 Å². The van der Waals surface area contributed by atoms with Crippen molar-refractivity contribution in [2.24, 2.45) is 39.4 Å². The lowest BCUT2D eigenvalue weighted by Gasteiger charge is -2.63. The number of rotatable bonds is 16. The van der Waals surface area contributed by atoms with Crippen LogP contribution in [0.3, 0.4) is 0 Å². The Morgan fingerprint density at radius 3 is 1.68 bits per heavy atom. The molecule has 0 amide bonds. The maximum absolute atomic E-state index is 12.8. The van der Waals surface area contributed by atoms with Gasteiger partial charge in [-0.05, 0) is 87.9 Å². The highest BCUT2D eigenvalue weighted by atomic mass is 16.8. The lowest BCUT2D eigenvalue weighted by Crippen LogP contribution is -2.68. The number of ether oxygens (including phenoxy) is 14.